The van der Waals surface area contributed by atoms with Gasteiger partial charge in [-0.15, -0.1) is 0 Å². The highest BCUT2D eigenvalue weighted by molar-refractivity contribution is 5.36. The van der Waals surface area contributed by atoms with Crippen molar-refractivity contribution >= 4 is 0 Å². The number of hydrogen-bond donors (Lipinski definition) is 1. The van der Waals surface area contributed by atoms with E-state index in [1.807, 2.05) is 0 Å². The van der Waals surface area contributed by atoms with E-state index < -0.39 is 0 Å². The molecule has 0 aromatic carbocycles. The van der Waals surface area contributed by atoms with Gasteiger partial charge >= 0.3 is 0 Å². The average molecular weight is 234 g/mol. The Kier molecular flexibility index (Phi) is 3.35. The fourth-order valence-electron chi connectivity index (χ4n) is 3.17. The first-order chi connectivity index (χ1) is 8.00. The van der Waals surface area contributed by atoms with Crippen LogP contribution in [-0.4, -0.2) is 11.1 Å². The number of nitrogens with zero attached hydrogens (tertiary/aromatic N) is 1. The Morgan fingerprint density at radius 2 is 2.00 bits per heavy atom. The summed E-state index contributed by atoms with van der Waals surface area (Å²) in [6.45, 7) is 11.0. The Morgan fingerprint density at radius 3 is 2.41 bits per heavy atom. The fourth-order valence-corrected chi connectivity index (χ4v) is 3.17. The Hall–Kier alpha value is -0.760. The van der Waals surface area contributed by atoms with Gasteiger partial charge in [0.2, 0.25) is 0 Å². The molecular weight excluding hydrogens is 208 g/mol. The zero-order valence-electron chi connectivity index (χ0n) is 11.7. The quantitative estimate of drug-likeness (QED) is 0.852. The average Bonchev–Trinajstić information content (AvgIpc) is 2.46. The maximum atomic E-state index is 6.02. The van der Waals surface area contributed by atoms with Crippen LogP contribution in [0.4, 0.5) is 0 Å². The lowest BCUT2D eigenvalue weighted by atomic mass is 9.64. The van der Waals surface area contributed by atoms with Crippen LogP contribution >= 0.6 is 0 Å². The minimum absolute atomic E-state index is 0.303. The summed E-state index contributed by atoms with van der Waals surface area (Å²) in [5, 5.41) is 0. The van der Waals surface area contributed by atoms with E-state index in [-0.39, 0.29) is 0 Å². The summed E-state index contributed by atoms with van der Waals surface area (Å²) >= 11 is 0. The summed E-state index contributed by atoms with van der Waals surface area (Å²) in [4.78, 5) is 0. The van der Waals surface area contributed by atoms with Crippen molar-refractivity contribution in [1.82, 2.24) is 4.57 Å². The molecule has 0 atom stereocenters. The smallest absolute Gasteiger partial charge is 0.0247 e. The number of aromatic nitrogens is 1. The number of aryl methyl sites for hydroxylation is 1. The summed E-state index contributed by atoms with van der Waals surface area (Å²) in [5.74, 6) is 0.697. The van der Waals surface area contributed by atoms with Crippen molar-refractivity contribution in [3.63, 3.8) is 0 Å². The summed E-state index contributed by atoms with van der Waals surface area (Å²) in [6, 6.07) is 2.38. The maximum absolute atomic E-state index is 6.02. The Bertz CT molecular complexity index is 392. The van der Waals surface area contributed by atoms with Crippen LogP contribution in [-0.2, 0) is 12.0 Å². The predicted octanol–water partition coefficient (Wildman–Crippen LogP) is 3.14. The van der Waals surface area contributed by atoms with Crippen molar-refractivity contribution in [2.75, 3.05) is 6.54 Å². The second-order valence-corrected chi connectivity index (χ2v) is 6.13. The van der Waals surface area contributed by atoms with E-state index in [2.05, 4.69) is 38.3 Å². The molecular formula is C15H26N2. The van der Waals surface area contributed by atoms with Crippen molar-refractivity contribution in [2.24, 2.45) is 11.7 Å². The molecule has 1 aliphatic carbocycles. The van der Waals surface area contributed by atoms with Crippen LogP contribution in [0.15, 0.2) is 6.07 Å². The highest BCUT2D eigenvalue weighted by Gasteiger charge is 2.39. The molecule has 0 unspecified atom stereocenters. The number of rotatable bonds is 4. The molecule has 2 heteroatoms. The highest BCUT2D eigenvalue weighted by Crippen LogP contribution is 2.44. The van der Waals surface area contributed by atoms with Gasteiger partial charge in [-0.3, -0.25) is 0 Å². The second kappa shape index (κ2) is 4.49. The van der Waals surface area contributed by atoms with Gasteiger partial charge in [-0.1, -0.05) is 20.3 Å². The van der Waals surface area contributed by atoms with Gasteiger partial charge < -0.3 is 10.3 Å². The zero-order valence-corrected chi connectivity index (χ0v) is 11.7. The Morgan fingerprint density at radius 1 is 1.35 bits per heavy atom. The molecule has 1 heterocycles. The van der Waals surface area contributed by atoms with Crippen LogP contribution in [0.25, 0.3) is 0 Å². The van der Waals surface area contributed by atoms with Crippen LogP contribution in [0.3, 0.4) is 0 Å². The normalized spacial score (nSPS) is 18.5. The van der Waals surface area contributed by atoms with Gasteiger partial charge in [0.1, 0.15) is 0 Å². The lowest BCUT2D eigenvalue weighted by Crippen LogP contribution is -2.41. The third-order valence-corrected chi connectivity index (χ3v) is 4.39. The van der Waals surface area contributed by atoms with Gasteiger partial charge in [0, 0.05) is 29.9 Å². The van der Waals surface area contributed by atoms with Crippen molar-refractivity contribution in [3.05, 3.63) is 23.0 Å². The van der Waals surface area contributed by atoms with E-state index in [9.17, 15) is 0 Å². The van der Waals surface area contributed by atoms with E-state index in [0.29, 0.717) is 11.3 Å². The molecule has 0 amide bonds. The molecule has 0 aliphatic heterocycles. The topological polar surface area (TPSA) is 30.9 Å². The Balaban J connectivity index is 2.36. The van der Waals surface area contributed by atoms with Crippen molar-refractivity contribution in [1.29, 1.82) is 0 Å². The van der Waals surface area contributed by atoms with E-state index in [1.54, 1.807) is 0 Å². The van der Waals surface area contributed by atoms with Gasteiger partial charge in [-0.2, -0.15) is 0 Å². The molecule has 1 fully saturated rings. The number of nitrogens with two attached hydrogens (primary N) is 1. The lowest BCUT2D eigenvalue weighted by molar-refractivity contribution is 0.251. The minimum Gasteiger partial charge on any atom is -0.349 e. The molecule has 2 rings (SSSR count). The highest BCUT2D eigenvalue weighted by atomic mass is 15.0. The molecule has 1 aliphatic rings. The molecule has 2 nitrogen and oxygen atoms in total. The van der Waals surface area contributed by atoms with E-state index in [0.717, 1.165) is 13.1 Å². The summed E-state index contributed by atoms with van der Waals surface area (Å²) in [5.41, 5.74) is 10.7. The fraction of sp³-hybridized carbons (Fsp3) is 0.733. The first-order valence-electron chi connectivity index (χ1n) is 6.87. The van der Waals surface area contributed by atoms with Gasteiger partial charge in [-0.05, 0) is 44.2 Å². The lowest BCUT2D eigenvalue weighted by Gasteiger charge is -2.41. The maximum Gasteiger partial charge on any atom is 0.0247 e. The van der Waals surface area contributed by atoms with Gasteiger partial charge in [0.25, 0.3) is 0 Å². The van der Waals surface area contributed by atoms with E-state index in [4.69, 9.17) is 5.73 Å². The van der Waals surface area contributed by atoms with Gasteiger partial charge in [0.05, 0.1) is 0 Å². The third kappa shape index (κ3) is 2.03. The minimum atomic E-state index is 0.303. The van der Waals surface area contributed by atoms with Crippen LogP contribution in [0.5, 0.6) is 0 Å². The van der Waals surface area contributed by atoms with Crippen molar-refractivity contribution in [2.45, 2.75) is 58.9 Å². The largest absolute Gasteiger partial charge is 0.349 e. The first-order valence-corrected chi connectivity index (χ1v) is 6.87. The summed E-state index contributed by atoms with van der Waals surface area (Å²) in [6.07, 6.45) is 3.88. The van der Waals surface area contributed by atoms with Crippen LogP contribution in [0, 0.1) is 19.8 Å². The molecule has 1 aromatic heterocycles. The van der Waals surface area contributed by atoms with Crippen molar-refractivity contribution in [3.8, 4) is 0 Å². The molecule has 0 saturated heterocycles. The second-order valence-electron chi connectivity index (χ2n) is 6.13. The predicted molar refractivity (Wildman–Crippen MR) is 73.3 cm³/mol. The number of hydrogen-bond acceptors (Lipinski definition) is 1. The van der Waals surface area contributed by atoms with E-state index in [1.165, 1.54) is 36.2 Å². The van der Waals surface area contributed by atoms with Crippen LogP contribution < -0.4 is 5.73 Å². The molecule has 1 saturated carbocycles. The van der Waals surface area contributed by atoms with Crippen molar-refractivity contribution < 1.29 is 0 Å². The first kappa shape index (κ1) is 12.7. The zero-order chi connectivity index (χ0) is 12.6. The summed E-state index contributed by atoms with van der Waals surface area (Å²) < 4.78 is 2.47. The molecule has 0 radical (unpaired) electrons. The van der Waals surface area contributed by atoms with E-state index >= 15 is 0 Å². The molecule has 17 heavy (non-hydrogen) atoms. The van der Waals surface area contributed by atoms with Gasteiger partial charge in [0.15, 0.2) is 0 Å². The SMILES string of the molecule is Cc1cc(C2(CN)CCC2)c(C)n1CC(C)C. The monoisotopic (exact) mass is 234 g/mol. The standard InChI is InChI=1S/C15H26N2/c1-11(2)9-17-12(3)8-14(13(17)4)15(10-16)6-5-7-15/h8,11H,5-7,9-10,16H2,1-4H3. The molecule has 1 aromatic rings. The Labute approximate surface area is 105 Å². The summed E-state index contributed by atoms with van der Waals surface area (Å²) in [7, 11) is 0. The molecule has 96 valence electrons. The van der Waals surface area contributed by atoms with Crippen LogP contribution in [0.2, 0.25) is 0 Å². The van der Waals surface area contributed by atoms with Crippen LogP contribution in [0.1, 0.15) is 50.1 Å². The molecule has 0 bridgehead atoms. The molecule has 0 spiro atoms. The van der Waals surface area contributed by atoms with Gasteiger partial charge in [-0.25, -0.2) is 0 Å². The third-order valence-electron chi connectivity index (χ3n) is 4.39. The molecule has 2 N–H and O–H groups in total.